The first kappa shape index (κ1) is 13.1. The van der Waals surface area contributed by atoms with Gasteiger partial charge in [0.2, 0.25) is 5.91 Å². The Labute approximate surface area is 115 Å². The normalized spacial score (nSPS) is 16.8. The molecule has 1 aliphatic carbocycles. The Morgan fingerprint density at radius 3 is 2.94 bits per heavy atom. The number of carbonyl (C=O) groups excluding carboxylic acids is 1. The summed E-state index contributed by atoms with van der Waals surface area (Å²) in [6.07, 6.45) is 5.11. The van der Waals surface area contributed by atoms with Crippen LogP contribution in [0.25, 0.3) is 0 Å². The molecule has 4 heteroatoms. The van der Waals surface area contributed by atoms with Gasteiger partial charge in [-0.2, -0.15) is 0 Å². The summed E-state index contributed by atoms with van der Waals surface area (Å²) in [5, 5.41) is 6.15. The number of thiophene rings is 1. The van der Waals surface area contributed by atoms with Gasteiger partial charge in [0.05, 0.1) is 0 Å². The number of hydrogen-bond donors (Lipinski definition) is 1. The fourth-order valence-corrected chi connectivity index (χ4v) is 3.30. The second kappa shape index (κ2) is 6.01. The van der Waals surface area contributed by atoms with Crippen LogP contribution in [0, 0.1) is 5.41 Å². The monoisotopic (exact) mass is 315 g/mol. The lowest BCUT2D eigenvalue weighted by Crippen LogP contribution is -2.30. The molecule has 0 aliphatic heterocycles. The lowest BCUT2D eigenvalue weighted by atomic mass is 10.1. The molecule has 0 aromatic carbocycles. The second-order valence-electron chi connectivity index (χ2n) is 4.84. The zero-order chi connectivity index (χ0) is 12.1. The third-order valence-corrected chi connectivity index (χ3v) is 5.43. The van der Waals surface area contributed by atoms with Crippen LogP contribution >= 0.6 is 27.3 Å². The van der Waals surface area contributed by atoms with Crippen LogP contribution in [0.4, 0.5) is 0 Å². The molecule has 1 aromatic heterocycles. The quantitative estimate of drug-likeness (QED) is 0.768. The number of carbonyl (C=O) groups is 1. The molecule has 1 saturated carbocycles. The van der Waals surface area contributed by atoms with E-state index >= 15 is 0 Å². The summed E-state index contributed by atoms with van der Waals surface area (Å²) in [7, 11) is 0. The van der Waals surface area contributed by atoms with Gasteiger partial charge in [0.1, 0.15) is 0 Å². The van der Waals surface area contributed by atoms with Crippen molar-refractivity contribution < 1.29 is 4.79 Å². The van der Waals surface area contributed by atoms with Gasteiger partial charge >= 0.3 is 0 Å². The Morgan fingerprint density at radius 1 is 1.53 bits per heavy atom. The van der Waals surface area contributed by atoms with Crippen molar-refractivity contribution in [3.05, 3.63) is 22.4 Å². The van der Waals surface area contributed by atoms with Crippen molar-refractivity contribution in [1.29, 1.82) is 0 Å². The Kier molecular flexibility index (Phi) is 4.62. The van der Waals surface area contributed by atoms with Crippen LogP contribution in [0.1, 0.15) is 30.6 Å². The van der Waals surface area contributed by atoms with Crippen molar-refractivity contribution in [2.24, 2.45) is 5.41 Å². The van der Waals surface area contributed by atoms with Gasteiger partial charge in [-0.1, -0.05) is 22.0 Å². The standard InChI is InChI=1S/C13H18BrNOS/c14-9-13(6-7-13)10-15-12(16)5-1-3-11-4-2-8-17-11/h2,4,8H,1,3,5-7,9-10H2,(H,15,16). The predicted octanol–water partition coefficient (Wildman–Crippen LogP) is 3.36. The summed E-state index contributed by atoms with van der Waals surface area (Å²) in [6.45, 7) is 0.843. The molecule has 1 aliphatic rings. The van der Waals surface area contributed by atoms with Gasteiger partial charge in [-0.15, -0.1) is 11.3 Å². The number of alkyl halides is 1. The topological polar surface area (TPSA) is 29.1 Å². The first-order chi connectivity index (χ1) is 8.24. The van der Waals surface area contributed by atoms with E-state index in [0.29, 0.717) is 11.8 Å². The molecule has 1 fully saturated rings. The highest BCUT2D eigenvalue weighted by atomic mass is 79.9. The van der Waals surface area contributed by atoms with E-state index in [2.05, 4.69) is 38.8 Å². The molecule has 0 unspecified atom stereocenters. The second-order valence-corrected chi connectivity index (χ2v) is 6.44. The maximum atomic E-state index is 11.6. The molecule has 1 amide bonds. The summed E-state index contributed by atoms with van der Waals surface area (Å²) in [5.41, 5.74) is 0.378. The molecule has 0 bridgehead atoms. The van der Waals surface area contributed by atoms with Gasteiger partial charge in [0, 0.05) is 23.2 Å². The van der Waals surface area contributed by atoms with Crippen LogP contribution in [0.3, 0.4) is 0 Å². The minimum Gasteiger partial charge on any atom is -0.356 e. The maximum Gasteiger partial charge on any atom is 0.220 e. The third-order valence-electron chi connectivity index (χ3n) is 3.31. The summed E-state index contributed by atoms with van der Waals surface area (Å²) in [5.74, 6) is 0.203. The van der Waals surface area contributed by atoms with Crippen LogP contribution in [0.5, 0.6) is 0 Å². The SMILES string of the molecule is O=C(CCCc1cccs1)NCC1(CBr)CC1. The summed E-state index contributed by atoms with van der Waals surface area (Å²) < 4.78 is 0. The van der Waals surface area contributed by atoms with Gasteiger partial charge in [0.15, 0.2) is 0 Å². The average molecular weight is 316 g/mol. The third kappa shape index (κ3) is 4.11. The number of halogens is 1. The smallest absolute Gasteiger partial charge is 0.220 e. The minimum atomic E-state index is 0.203. The van der Waals surface area contributed by atoms with Crippen molar-refractivity contribution >= 4 is 33.2 Å². The van der Waals surface area contributed by atoms with E-state index in [-0.39, 0.29) is 5.91 Å². The first-order valence-corrected chi connectivity index (χ1v) is 8.09. The van der Waals surface area contributed by atoms with E-state index in [9.17, 15) is 4.79 Å². The van der Waals surface area contributed by atoms with Gasteiger partial charge in [-0.05, 0) is 42.5 Å². The highest BCUT2D eigenvalue weighted by Gasteiger charge is 2.41. The lowest BCUT2D eigenvalue weighted by Gasteiger charge is -2.12. The van der Waals surface area contributed by atoms with Crippen molar-refractivity contribution in [3.63, 3.8) is 0 Å². The zero-order valence-corrected chi connectivity index (χ0v) is 12.3. The van der Waals surface area contributed by atoms with Gasteiger partial charge in [0.25, 0.3) is 0 Å². The molecule has 2 nitrogen and oxygen atoms in total. The fraction of sp³-hybridized carbons (Fsp3) is 0.615. The van der Waals surface area contributed by atoms with Gasteiger partial charge in [-0.25, -0.2) is 0 Å². The van der Waals surface area contributed by atoms with E-state index < -0.39 is 0 Å². The molecule has 2 rings (SSSR count). The Balaban J connectivity index is 1.58. The molecule has 0 saturated heterocycles. The molecule has 1 aromatic rings. The van der Waals surface area contributed by atoms with E-state index in [1.807, 2.05) is 0 Å². The van der Waals surface area contributed by atoms with E-state index in [1.165, 1.54) is 17.7 Å². The predicted molar refractivity (Wildman–Crippen MR) is 75.7 cm³/mol. The van der Waals surface area contributed by atoms with Crippen molar-refractivity contribution in [1.82, 2.24) is 5.32 Å². The van der Waals surface area contributed by atoms with Gasteiger partial charge in [-0.3, -0.25) is 4.79 Å². The lowest BCUT2D eigenvalue weighted by molar-refractivity contribution is -0.121. The molecule has 0 radical (unpaired) electrons. The number of nitrogens with one attached hydrogen (secondary N) is 1. The number of aryl methyl sites for hydroxylation is 1. The van der Waals surface area contributed by atoms with Crippen LogP contribution in [-0.4, -0.2) is 17.8 Å². The van der Waals surface area contributed by atoms with Crippen molar-refractivity contribution in [2.45, 2.75) is 32.1 Å². The average Bonchev–Trinajstić information content (AvgIpc) is 2.95. The van der Waals surface area contributed by atoms with E-state index in [1.54, 1.807) is 11.3 Å². The molecule has 0 atom stereocenters. The summed E-state index contributed by atoms with van der Waals surface area (Å²) in [6, 6.07) is 4.19. The Bertz CT molecular complexity index is 360. The van der Waals surface area contributed by atoms with Crippen molar-refractivity contribution in [2.75, 3.05) is 11.9 Å². The molecule has 1 heterocycles. The largest absolute Gasteiger partial charge is 0.356 e. The van der Waals surface area contributed by atoms with Crippen LogP contribution in [0.15, 0.2) is 17.5 Å². The van der Waals surface area contributed by atoms with Crippen LogP contribution in [-0.2, 0) is 11.2 Å². The van der Waals surface area contributed by atoms with Crippen LogP contribution in [0.2, 0.25) is 0 Å². The molecule has 17 heavy (non-hydrogen) atoms. The Hall–Kier alpha value is -0.350. The highest BCUT2D eigenvalue weighted by molar-refractivity contribution is 9.09. The summed E-state index contributed by atoms with van der Waals surface area (Å²) >= 11 is 5.28. The molecule has 1 N–H and O–H groups in total. The molecule has 94 valence electrons. The summed E-state index contributed by atoms with van der Waals surface area (Å²) in [4.78, 5) is 13.0. The number of amides is 1. The zero-order valence-electron chi connectivity index (χ0n) is 9.88. The van der Waals surface area contributed by atoms with E-state index in [0.717, 1.165) is 24.7 Å². The van der Waals surface area contributed by atoms with Gasteiger partial charge < -0.3 is 5.32 Å². The molecular weight excluding hydrogens is 298 g/mol. The minimum absolute atomic E-state index is 0.203. The molecular formula is C13H18BrNOS. The number of rotatable bonds is 7. The Morgan fingerprint density at radius 2 is 2.35 bits per heavy atom. The number of hydrogen-bond acceptors (Lipinski definition) is 2. The maximum absolute atomic E-state index is 11.6. The first-order valence-electron chi connectivity index (χ1n) is 6.09. The van der Waals surface area contributed by atoms with Crippen LogP contribution < -0.4 is 5.32 Å². The fourth-order valence-electron chi connectivity index (χ4n) is 1.79. The van der Waals surface area contributed by atoms with Crippen molar-refractivity contribution in [3.8, 4) is 0 Å². The van der Waals surface area contributed by atoms with E-state index in [4.69, 9.17) is 0 Å². The molecule has 0 spiro atoms. The highest BCUT2D eigenvalue weighted by Crippen LogP contribution is 2.46.